The normalized spacial score (nSPS) is 17.2. The standard InChI is InChI=1S/C21H33N3O3/c1-16(17-9-7-6-8-10-17)23(5)19(25)15-24-13-11-18(12-14-24)22-20(26)27-21(2,3)4/h6-10,16,18H,11-15H2,1-5H3,(H,22,26). The van der Waals surface area contributed by atoms with Crippen LogP contribution in [0.15, 0.2) is 30.3 Å². The molecule has 1 aliphatic heterocycles. The van der Waals surface area contributed by atoms with Crippen molar-refractivity contribution in [1.82, 2.24) is 15.1 Å². The smallest absolute Gasteiger partial charge is 0.407 e. The van der Waals surface area contributed by atoms with Crippen LogP contribution >= 0.6 is 0 Å². The van der Waals surface area contributed by atoms with E-state index in [9.17, 15) is 9.59 Å². The fraction of sp³-hybridized carbons (Fsp3) is 0.619. The van der Waals surface area contributed by atoms with Crippen molar-refractivity contribution in [2.24, 2.45) is 0 Å². The van der Waals surface area contributed by atoms with Crippen molar-refractivity contribution in [3.63, 3.8) is 0 Å². The SMILES string of the molecule is CC(c1ccccc1)N(C)C(=O)CN1CCC(NC(=O)OC(C)(C)C)CC1. The van der Waals surface area contributed by atoms with Gasteiger partial charge >= 0.3 is 6.09 Å². The number of piperidine rings is 1. The predicted octanol–water partition coefficient (Wildman–Crippen LogP) is 3.20. The maximum atomic E-state index is 12.6. The van der Waals surface area contributed by atoms with Crippen LogP contribution < -0.4 is 5.32 Å². The number of carbonyl (C=O) groups is 2. The topological polar surface area (TPSA) is 61.9 Å². The van der Waals surface area contributed by atoms with E-state index in [-0.39, 0.29) is 24.1 Å². The molecule has 0 aromatic heterocycles. The van der Waals surface area contributed by atoms with Crippen LogP contribution in [-0.2, 0) is 9.53 Å². The lowest BCUT2D eigenvalue weighted by atomic mass is 10.0. The molecule has 1 unspecified atom stereocenters. The van der Waals surface area contributed by atoms with Gasteiger partial charge in [-0.25, -0.2) is 4.79 Å². The Morgan fingerprint density at radius 1 is 1.22 bits per heavy atom. The monoisotopic (exact) mass is 375 g/mol. The van der Waals surface area contributed by atoms with Crippen molar-refractivity contribution in [2.45, 2.75) is 58.2 Å². The lowest BCUT2D eigenvalue weighted by Crippen LogP contribution is -2.48. The molecule has 2 rings (SSSR count). The number of amides is 2. The molecule has 0 radical (unpaired) electrons. The number of rotatable bonds is 5. The second kappa shape index (κ2) is 9.22. The first kappa shape index (κ1) is 21.2. The number of ether oxygens (including phenoxy) is 1. The largest absolute Gasteiger partial charge is 0.444 e. The summed E-state index contributed by atoms with van der Waals surface area (Å²) in [6.07, 6.45) is 1.28. The van der Waals surface area contributed by atoms with E-state index < -0.39 is 5.60 Å². The molecule has 1 aromatic rings. The van der Waals surface area contributed by atoms with Gasteiger partial charge in [0.1, 0.15) is 5.60 Å². The third kappa shape index (κ3) is 6.86. The summed E-state index contributed by atoms with van der Waals surface area (Å²) in [4.78, 5) is 28.5. The molecule has 2 amide bonds. The highest BCUT2D eigenvalue weighted by Gasteiger charge is 2.26. The number of hydrogen-bond acceptors (Lipinski definition) is 4. The summed E-state index contributed by atoms with van der Waals surface area (Å²) in [6.45, 7) is 9.60. The number of nitrogens with one attached hydrogen (secondary N) is 1. The molecule has 1 heterocycles. The van der Waals surface area contributed by atoms with Gasteiger partial charge in [0.2, 0.25) is 5.91 Å². The average molecular weight is 376 g/mol. The van der Waals surface area contributed by atoms with E-state index in [1.165, 1.54) is 0 Å². The summed E-state index contributed by atoms with van der Waals surface area (Å²) in [5, 5.41) is 2.93. The van der Waals surface area contributed by atoms with Crippen molar-refractivity contribution in [3.8, 4) is 0 Å². The van der Waals surface area contributed by atoms with Crippen LogP contribution in [0.3, 0.4) is 0 Å². The summed E-state index contributed by atoms with van der Waals surface area (Å²) in [6, 6.07) is 10.2. The predicted molar refractivity (Wildman–Crippen MR) is 106 cm³/mol. The van der Waals surface area contributed by atoms with Crippen LogP contribution in [0.5, 0.6) is 0 Å². The lowest BCUT2D eigenvalue weighted by molar-refractivity contribution is -0.133. The van der Waals surface area contributed by atoms with Crippen LogP contribution in [0.2, 0.25) is 0 Å². The number of carbonyl (C=O) groups excluding carboxylic acids is 2. The molecule has 0 aliphatic carbocycles. The first-order valence-corrected chi connectivity index (χ1v) is 9.68. The molecule has 0 spiro atoms. The second-order valence-corrected chi connectivity index (χ2v) is 8.29. The maximum absolute atomic E-state index is 12.6. The number of likely N-dealkylation sites (N-methyl/N-ethyl adjacent to an activating group) is 1. The van der Waals surface area contributed by atoms with Crippen molar-refractivity contribution in [1.29, 1.82) is 0 Å². The molecule has 27 heavy (non-hydrogen) atoms. The van der Waals surface area contributed by atoms with Crippen molar-refractivity contribution < 1.29 is 14.3 Å². The fourth-order valence-electron chi connectivity index (χ4n) is 3.18. The second-order valence-electron chi connectivity index (χ2n) is 8.29. The van der Waals surface area contributed by atoms with Gasteiger partial charge < -0.3 is 15.0 Å². The lowest BCUT2D eigenvalue weighted by Gasteiger charge is -2.34. The quantitative estimate of drug-likeness (QED) is 0.858. The first-order chi connectivity index (χ1) is 12.7. The molecule has 1 aliphatic rings. The van der Waals surface area contributed by atoms with Crippen LogP contribution in [0.1, 0.15) is 52.1 Å². The number of alkyl carbamates (subject to hydrolysis) is 1. The average Bonchev–Trinajstić information content (AvgIpc) is 2.61. The summed E-state index contributed by atoms with van der Waals surface area (Å²) < 4.78 is 5.31. The minimum Gasteiger partial charge on any atom is -0.444 e. The summed E-state index contributed by atoms with van der Waals surface area (Å²) >= 11 is 0. The van der Waals surface area contributed by atoms with Crippen molar-refractivity contribution in [3.05, 3.63) is 35.9 Å². The van der Waals surface area contributed by atoms with Crippen LogP contribution in [-0.4, -0.2) is 60.1 Å². The van der Waals surface area contributed by atoms with E-state index in [2.05, 4.69) is 10.2 Å². The Labute approximate surface area is 162 Å². The Hall–Kier alpha value is -2.08. The summed E-state index contributed by atoms with van der Waals surface area (Å²) in [5.74, 6) is 0.116. The van der Waals surface area contributed by atoms with Gasteiger partial charge in [0.25, 0.3) is 0 Å². The number of likely N-dealkylation sites (tertiary alicyclic amines) is 1. The van der Waals surface area contributed by atoms with Gasteiger partial charge in [-0.2, -0.15) is 0 Å². The van der Waals surface area contributed by atoms with E-state index >= 15 is 0 Å². The van der Waals surface area contributed by atoms with E-state index in [1.807, 2.05) is 65.1 Å². The molecule has 6 heteroatoms. The zero-order chi connectivity index (χ0) is 20.0. The third-order valence-corrected chi connectivity index (χ3v) is 4.92. The van der Waals surface area contributed by atoms with Crippen LogP contribution in [0.25, 0.3) is 0 Å². The van der Waals surface area contributed by atoms with E-state index in [0.29, 0.717) is 6.54 Å². The maximum Gasteiger partial charge on any atom is 0.407 e. The number of benzene rings is 1. The molecule has 0 saturated carbocycles. The van der Waals surface area contributed by atoms with E-state index in [4.69, 9.17) is 4.74 Å². The molecular formula is C21H33N3O3. The fourth-order valence-corrected chi connectivity index (χ4v) is 3.18. The zero-order valence-corrected chi connectivity index (χ0v) is 17.2. The van der Waals surface area contributed by atoms with Crippen LogP contribution in [0, 0.1) is 0 Å². The highest BCUT2D eigenvalue weighted by atomic mass is 16.6. The number of hydrogen-bond donors (Lipinski definition) is 1. The van der Waals surface area contributed by atoms with Crippen molar-refractivity contribution >= 4 is 12.0 Å². The Morgan fingerprint density at radius 2 is 1.81 bits per heavy atom. The molecule has 1 atom stereocenters. The zero-order valence-electron chi connectivity index (χ0n) is 17.2. The summed E-state index contributed by atoms with van der Waals surface area (Å²) in [5.41, 5.74) is 0.644. The molecule has 1 saturated heterocycles. The highest BCUT2D eigenvalue weighted by molar-refractivity contribution is 5.78. The van der Waals surface area contributed by atoms with Gasteiger partial charge in [0, 0.05) is 26.2 Å². The molecule has 6 nitrogen and oxygen atoms in total. The molecule has 0 bridgehead atoms. The third-order valence-electron chi connectivity index (χ3n) is 4.92. The minimum absolute atomic E-state index is 0.0464. The molecular weight excluding hydrogens is 342 g/mol. The Bertz CT molecular complexity index is 619. The summed E-state index contributed by atoms with van der Waals surface area (Å²) in [7, 11) is 1.86. The number of nitrogens with zero attached hydrogens (tertiary/aromatic N) is 2. The van der Waals surface area contributed by atoms with Gasteiger partial charge in [-0.1, -0.05) is 30.3 Å². The Morgan fingerprint density at radius 3 is 2.37 bits per heavy atom. The van der Waals surface area contributed by atoms with Gasteiger partial charge in [-0.15, -0.1) is 0 Å². The Balaban J connectivity index is 1.76. The van der Waals surface area contributed by atoms with Gasteiger partial charge in [-0.05, 0) is 46.1 Å². The van der Waals surface area contributed by atoms with Gasteiger partial charge in [-0.3, -0.25) is 9.69 Å². The van der Waals surface area contributed by atoms with Crippen LogP contribution in [0.4, 0.5) is 4.79 Å². The van der Waals surface area contributed by atoms with E-state index in [1.54, 1.807) is 4.90 Å². The van der Waals surface area contributed by atoms with Gasteiger partial charge in [0.15, 0.2) is 0 Å². The molecule has 1 fully saturated rings. The molecule has 150 valence electrons. The Kier molecular flexibility index (Phi) is 7.25. The molecule has 1 aromatic carbocycles. The first-order valence-electron chi connectivity index (χ1n) is 9.68. The molecule has 1 N–H and O–H groups in total. The van der Waals surface area contributed by atoms with E-state index in [0.717, 1.165) is 31.5 Å². The highest BCUT2D eigenvalue weighted by Crippen LogP contribution is 2.19. The van der Waals surface area contributed by atoms with Gasteiger partial charge in [0.05, 0.1) is 12.6 Å². The minimum atomic E-state index is -0.489. The van der Waals surface area contributed by atoms with Crippen molar-refractivity contribution in [2.75, 3.05) is 26.7 Å².